The number of likely N-dealkylation sites (tertiary alicyclic amines) is 1. The molecule has 0 radical (unpaired) electrons. The van der Waals surface area contributed by atoms with Crippen molar-refractivity contribution in [2.45, 2.75) is 32.4 Å². The van der Waals surface area contributed by atoms with Crippen molar-refractivity contribution in [3.05, 3.63) is 28.5 Å². The highest BCUT2D eigenvalue weighted by Gasteiger charge is 2.34. The SMILES string of the molecule is CC1CCCN(Cc2ccc(Br)cn2)C1C(=O)O. The topological polar surface area (TPSA) is 53.4 Å². The van der Waals surface area contributed by atoms with Crippen molar-refractivity contribution >= 4 is 21.9 Å². The summed E-state index contributed by atoms with van der Waals surface area (Å²) in [5.74, 6) is -0.522. The van der Waals surface area contributed by atoms with E-state index in [4.69, 9.17) is 0 Å². The quantitative estimate of drug-likeness (QED) is 0.932. The van der Waals surface area contributed by atoms with E-state index in [2.05, 4.69) is 20.9 Å². The summed E-state index contributed by atoms with van der Waals surface area (Å²) in [6, 6.07) is 3.48. The Hall–Kier alpha value is -0.940. The molecule has 0 aromatic carbocycles. The molecule has 1 aromatic heterocycles. The van der Waals surface area contributed by atoms with Crippen LogP contribution in [0.1, 0.15) is 25.5 Å². The van der Waals surface area contributed by atoms with E-state index in [1.165, 1.54) is 0 Å². The Balaban J connectivity index is 2.10. The van der Waals surface area contributed by atoms with Gasteiger partial charge < -0.3 is 5.11 Å². The van der Waals surface area contributed by atoms with Gasteiger partial charge in [0.15, 0.2) is 0 Å². The number of hydrogen-bond donors (Lipinski definition) is 1. The van der Waals surface area contributed by atoms with E-state index in [1.807, 2.05) is 24.0 Å². The largest absolute Gasteiger partial charge is 0.480 e. The summed E-state index contributed by atoms with van der Waals surface area (Å²) in [7, 11) is 0. The first-order valence-electron chi connectivity index (χ1n) is 6.15. The van der Waals surface area contributed by atoms with E-state index in [0.717, 1.165) is 29.6 Å². The van der Waals surface area contributed by atoms with E-state index < -0.39 is 5.97 Å². The average Bonchev–Trinajstić information content (AvgIpc) is 2.32. The molecule has 2 unspecified atom stereocenters. The summed E-state index contributed by atoms with van der Waals surface area (Å²) in [6.45, 7) is 3.45. The lowest BCUT2D eigenvalue weighted by atomic mass is 9.90. The minimum atomic E-state index is -0.723. The number of pyridine rings is 1. The number of aliphatic carboxylic acids is 1. The first-order chi connectivity index (χ1) is 8.58. The molecule has 2 rings (SSSR count). The normalized spacial score (nSPS) is 25.0. The van der Waals surface area contributed by atoms with Gasteiger partial charge in [0.1, 0.15) is 6.04 Å². The number of carboxylic acid groups (broad SMARTS) is 1. The molecule has 2 heterocycles. The van der Waals surface area contributed by atoms with Crippen LogP contribution in [0.5, 0.6) is 0 Å². The number of carbonyl (C=O) groups is 1. The highest BCUT2D eigenvalue weighted by atomic mass is 79.9. The van der Waals surface area contributed by atoms with E-state index in [1.54, 1.807) is 6.20 Å². The summed E-state index contributed by atoms with van der Waals surface area (Å²) >= 11 is 3.35. The molecule has 0 saturated carbocycles. The van der Waals surface area contributed by atoms with Gasteiger partial charge in [-0.3, -0.25) is 14.7 Å². The molecular weight excluding hydrogens is 296 g/mol. The molecule has 1 saturated heterocycles. The van der Waals surface area contributed by atoms with Crippen LogP contribution in [0.4, 0.5) is 0 Å². The third-order valence-corrected chi connectivity index (χ3v) is 3.91. The van der Waals surface area contributed by atoms with Crippen LogP contribution in [-0.2, 0) is 11.3 Å². The molecular formula is C13H17BrN2O2. The number of hydrogen-bond acceptors (Lipinski definition) is 3. The third-order valence-electron chi connectivity index (χ3n) is 3.44. The fourth-order valence-electron chi connectivity index (χ4n) is 2.56. The lowest BCUT2D eigenvalue weighted by Crippen LogP contribution is -2.48. The van der Waals surface area contributed by atoms with Crippen molar-refractivity contribution in [1.82, 2.24) is 9.88 Å². The molecule has 1 fully saturated rings. The fraction of sp³-hybridized carbons (Fsp3) is 0.538. The van der Waals surface area contributed by atoms with Gasteiger partial charge in [-0.2, -0.15) is 0 Å². The number of halogens is 1. The van der Waals surface area contributed by atoms with Gasteiger partial charge in [-0.25, -0.2) is 0 Å². The summed E-state index contributed by atoms with van der Waals surface area (Å²) in [5, 5.41) is 9.33. The van der Waals surface area contributed by atoms with Crippen LogP contribution in [0.2, 0.25) is 0 Å². The lowest BCUT2D eigenvalue weighted by Gasteiger charge is -2.37. The summed E-state index contributed by atoms with van der Waals surface area (Å²) in [6.07, 6.45) is 3.79. The van der Waals surface area contributed by atoms with Crippen LogP contribution >= 0.6 is 15.9 Å². The van der Waals surface area contributed by atoms with Gasteiger partial charge in [-0.1, -0.05) is 6.92 Å². The molecule has 98 valence electrons. The van der Waals surface area contributed by atoms with Gasteiger partial charge in [0.2, 0.25) is 0 Å². The van der Waals surface area contributed by atoms with Crippen molar-refractivity contribution < 1.29 is 9.90 Å². The van der Waals surface area contributed by atoms with Crippen molar-refractivity contribution in [2.24, 2.45) is 5.92 Å². The second-order valence-electron chi connectivity index (χ2n) is 4.84. The molecule has 1 aromatic rings. The predicted molar refractivity (Wildman–Crippen MR) is 72.2 cm³/mol. The smallest absolute Gasteiger partial charge is 0.321 e. The van der Waals surface area contributed by atoms with Crippen LogP contribution in [-0.4, -0.2) is 33.5 Å². The molecule has 0 spiro atoms. The molecule has 1 aliphatic heterocycles. The van der Waals surface area contributed by atoms with Gasteiger partial charge >= 0.3 is 5.97 Å². The Morgan fingerprint density at radius 3 is 3.00 bits per heavy atom. The number of nitrogens with zero attached hydrogens (tertiary/aromatic N) is 2. The predicted octanol–water partition coefficient (Wildman–Crippen LogP) is 2.53. The average molecular weight is 313 g/mol. The first kappa shape index (κ1) is 13.5. The molecule has 0 amide bonds. The van der Waals surface area contributed by atoms with E-state index >= 15 is 0 Å². The second kappa shape index (κ2) is 5.80. The zero-order valence-corrected chi connectivity index (χ0v) is 11.9. The van der Waals surface area contributed by atoms with E-state index in [9.17, 15) is 9.90 Å². The Kier molecular flexibility index (Phi) is 4.35. The van der Waals surface area contributed by atoms with Crippen molar-refractivity contribution in [1.29, 1.82) is 0 Å². The van der Waals surface area contributed by atoms with Crippen LogP contribution in [0.3, 0.4) is 0 Å². The molecule has 5 heteroatoms. The number of piperidine rings is 1. The monoisotopic (exact) mass is 312 g/mol. The van der Waals surface area contributed by atoms with Gasteiger partial charge in [-0.15, -0.1) is 0 Å². The zero-order chi connectivity index (χ0) is 13.1. The van der Waals surface area contributed by atoms with Gasteiger partial charge in [0.25, 0.3) is 0 Å². The Bertz CT molecular complexity index is 422. The highest BCUT2D eigenvalue weighted by Crippen LogP contribution is 2.25. The Morgan fingerprint density at radius 1 is 1.61 bits per heavy atom. The zero-order valence-electron chi connectivity index (χ0n) is 10.3. The van der Waals surface area contributed by atoms with E-state index in [-0.39, 0.29) is 12.0 Å². The van der Waals surface area contributed by atoms with E-state index in [0.29, 0.717) is 6.54 Å². The maximum atomic E-state index is 11.3. The van der Waals surface area contributed by atoms with Crippen molar-refractivity contribution in [3.8, 4) is 0 Å². The third kappa shape index (κ3) is 3.09. The molecule has 0 bridgehead atoms. The minimum absolute atomic E-state index is 0.201. The summed E-state index contributed by atoms with van der Waals surface area (Å²) < 4.78 is 0.938. The standard InChI is InChI=1S/C13H17BrN2O2/c1-9-3-2-6-16(12(9)13(17)18)8-11-5-4-10(14)7-15-11/h4-5,7,9,12H,2-3,6,8H2,1H3,(H,17,18). The molecule has 1 N–H and O–H groups in total. The number of carboxylic acids is 1. The maximum Gasteiger partial charge on any atom is 0.321 e. The van der Waals surface area contributed by atoms with Crippen LogP contribution < -0.4 is 0 Å². The molecule has 4 nitrogen and oxygen atoms in total. The Morgan fingerprint density at radius 2 is 2.39 bits per heavy atom. The lowest BCUT2D eigenvalue weighted by molar-refractivity contribution is -0.147. The highest BCUT2D eigenvalue weighted by molar-refractivity contribution is 9.10. The molecule has 0 aliphatic carbocycles. The van der Waals surface area contributed by atoms with Crippen molar-refractivity contribution in [2.75, 3.05) is 6.54 Å². The number of aromatic nitrogens is 1. The second-order valence-corrected chi connectivity index (χ2v) is 5.76. The summed E-state index contributed by atoms with van der Waals surface area (Å²) in [4.78, 5) is 17.7. The molecule has 2 atom stereocenters. The van der Waals surface area contributed by atoms with Gasteiger partial charge in [-0.05, 0) is 53.4 Å². The van der Waals surface area contributed by atoms with Gasteiger partial charge in [0, 0.05) is 17.2 Å². The van der Waals surface area contributed by atoms with Crippen LogP contribution in [0.25, 0.3) is 0 Å². The minimum Gasteiger partial charge on any atom is -0.480 e. The molecule has 18 heavy (non-hydrogen) atoms. The van der Waals surface area contributed by atoms with Crippen LogP contribution in [0, 0.1) is 5.92 Å². The maximum absolute atomic E-state index is 11.3. The summed E-state index contributed by atoms with van der Waals surface area (Å²) in [5.41, 5.74) is 0.915. The fourth-order valence-corrected chi connectivity index (χ4v) is 2.79. The van der Waals surface area contributed by atoms with Crippen LogP contribution in [0.15, 0.2) is 22.8 Å². The first-order valence-corrected chi connectivity index (χ1v) is 6.94. The Labute approximate surface area is 115 Å². The number of rotatable bonds is 3. The van der Waals surface area contributed by atoms with Gasteiger partial charge in [0.05, 0.1) is 5.69 Å². The van der Waals surface area contributed by atoms with Crippen molar-refractivity contribution in [3.63, 3.8) is 0 Å². The molecule has 1 aliphatic rings.